The Morgan fingerprint density at radius 2 is 1.77 bits per heavy atom. The number of benzene rings is 2. The van der Waals surface area contributed by atoms with E-state index in [-0.39, 0.29) is 52.7 Å². The Balaban J connectivity index is 1.13. The van der Waals surface area contributed by atoms with Crippen LogP contribution in [0.5, 0.6) is 5.75 Å². The number of carbonyl (C=O) groups is 3. The Hall–Kier alpha value is -3.93. The number of aldehydes is 1. The summed E-state index contributed by atoms with van der Waals surface area (Å²) in [7, 11) is 2.76. The van der Waals surface area contributed by atoms with E-state index in [1.165, 1.54) is 39.8 Å². The fourth-order valence-corrected chi connectivity index (χ4v) is 13.8. The third-order valence-electron chi connectivity index (χ3n) is 14.6. The number of dihydropyridines is 1. The summed E-state index contributed by atoms with van der Waals surface area (Å²) in [6.45, 7) is -0.424. The third kappa shape index (κ3) is 7.00. The standard InChI is InChI=1S/C46H52N2O11S2/c49-19-27-5-1-4-26(14-27)15-28-16-32-38(53)31-7-2-8-33-37(31)40(55)45(32,35(52)17-28)24-60-61-25-48-36-18-29(9-13-47-36)44(12-11-43(22-44)10-3-6-30(43)20-50)23-46(57)39(54)34(21-51)59-42(58-33)41(46)56/h1-2,4-5,7-9,14,16-18,20,30,32,34,39,41-42,47-49,51-52,54,56-57H,3,6,10-13,15,19,21-25H2/t30-,32+,34+,39+,41-,42+,43+,44+,45-,46-/m0/s1. The summed E-state index contributed by atoms with van der Waals surface area (Å²) < 4.78 is 12.4. The van der Waals surface area contributed by atoms with Gasteiger partial charge in [0.15, 0.2) is 11.6 Å². The molecule has 2 aromatic rings. The zero-order valence-corrected chi connectivity index (χ0v) is 35.3. The molecule has 10 atom stereocenters. The van der Waals surface area contributed by atoms with Crippen molar-refractivity contribution in [3.8, 4) is 5.75 Å². The van der Waals surface area contributed by atoms with E-state index in [4.69, 9.17) is 9.47 Å². The lowest BCUT2D eigenvalue weighted by Gasteiger charge is -2.51. The van der Waals surface area contributed by atoms with Crippen LogP contribution < -0.4 is 15.4 Å². The average Bonchev–Trinajstić information content (AvgIpc) is 3.85. The molecule has 1 saturated heterocycles. The topological polar surface area (TPSA) is 215 Å². The van der Waals surface area contributed by atoms with E-state index < -0.39 is 65.1 Å². The van der Waals surface area contributed by atoms with E-state index in [1.807, 2.05) is 30.4 Å². The molecule has 9 rings (SSSR count). The summed E-state index contributed by atoms with van der Waals surface area (Å²) in [5, 5.41) is 76.0. The predicted octanol–water partition coefficient (Wildman–Crippen LogP) is 4.19. The molecule has 61 heavy (non-hydrogen) atoms. The first-order valence-electron chi connectivity index (χ1n) is 21.0. The quantitative estimate of drug-likeness (QED) is 0.156. The lowest BCUT2D eigenvalue weighted by Crippen LogP contribution is -2.69. The molecular formula is C46H52N2O11S2. The molecule has 0 amide bonds. The van der Waals surface area contributed by atoms with Crippen molar-refractivity contribution in [2.24, 2.45) is 28.1 Å². The van der Waals surface area contributed by atoms with Crippen LogP contribution in [-0.2, 0) is 22.6 Å². The van der Waals surface area contributed by atoms with E-state index in [1.54, 1.807) is 18.2 Å². The van der Waals surface area contributed by atoms with Crippen LogP contribution in [0.1, 0.15) is 76.8 Å². The van der Waals surface area contributed by atoms with Gasteiger partial charge in [-0.05, 0) is 96.3 Å². The molecule has 3 fully saturated rings. The minimum atomic E-state index is -2.31. The number of Topliss-reactive ketones (excluding diaryl/α,β-unsaturated/α-hetero) is 2. The van der Waals surface area contributed by atoms with Crippen molar-refractivity contribution in [2.75, 3.05) is 24.8 Å². The van der Waals surface area contributed by atoms with Crippen LogP contribution in [0.2, 0.25) is 0 Å². The van der Waals surface area contributed by atoms with Gasteiger partial charge in [0.05, 0.1) is 36.4 Å². The summed E-state index contributed by atoms with van der Waals surface area (Å²) in [5.74, 6) is -1.54. The number of allylic oxidation sites excluding steroid dienone is 6. The highest BCUT2D eigenvalue weighted by Crippen LogP contribution is 2.65. The molecule has 4 aliphatic carbocycles. The van der Waals surface area contributed by atoms with Gasteiger partial charge >= 0.3 is 0 Å². The van der Waals surface area contributed by atoms with Crippen molar-refractivity contribution in [1.29, 1.82) is 0 Å². The normalized spacial score (nSPS) is 37.2. The number of hydrogen-bond donors (Lipinski definition) is 8. The first-order chi connectivity index (χ1) is 29.4. The monoisotopic (exact) mass is 872 g/mol. The molecule has 3 heterocycles. The Morgan fingerprint density at radius 1 is 0.951 bits per heavy atom. The van der Waals surface area contributed by atoms with E-state index in [2.05, 4.69) is 10.6 Å². The minimum absolute atomic E-state index is 0.0102. The summed E-state index contributed by atoms with van der Waals surface area (Å²) in [6, 6.07) is 11.9. The molecule has 0 radical (unpaired) electrons. The number of aliphatic hydroxyl groups is 6. The number of carbonyl (C=O) groups excluding carboxylic acids is 3. The fourth-order valence-electron chi connectivity index (χ4n) is 11.5. The van der Waals surface area contributed by atoms with Gasteiger partial charge < -0.3 is 55.5 Å². The molecule has 8 N–H and O–H groups in total. The Bertz CT molecular complexity index is 2240. The lowest BCUT2D eigenvalue weighted by atomic mass is 9.60. The van der Waals surface area contributed by atoms with Crippen molar-refractivity contribution in [3.05, 3.63) is 112 Å². The Kier molecular flexibility index (Phi) is 11.3. The maximum atomic E-state index is 15.2. The van der Waals surface area contributed by atoms with Crippen molar-refractivity contribution in [2.45, 2.75) is 88.2 Å². The van der Waals surface area contributed by atoms with Crippen LogP contribution in [0.25, 0.3) is 0 Å². The summed E-state index contributed by atoms with van der Waals surface area (Å²) in [4.78, 5) is 42.4. The molecule has 15 heteroatoms. The summed E-state index contributed by atoms with van der Waals surface area (Å²) in [5.41, 5.74) is -2.13. The van der Waals surface area contributed by atoms with Crippen molar-refractivity contribution < 1.29 is 54.5 Å². The van der Waals surface area contributed by atoms with Gasteiger partial charge in [0, 0.05) is 23.8 Å². The maximum Gasteiger partial charge on any atom is 0.229 e. The molecule has 3 spiro atoms. The number of ketones is 2. The molecule has 0 unspecified atom stereocenters. The number of hydrogen-bond acceptors (Lipinski definition) is 15. The molecule has 3 aliphatic heterocycles. The second-order valence-corrected chi connectivity index (χ2v) is 20.4. The van der Waals surface area contributed by atoms with E-state index >= 15 is 4.79 Å². The molecule has 13 nitrogen and oxygen atoms in total. The fraction of sp³-hybridized carbons (Fsp3) is 0.500. The third-order valence-corrected chi connectivity index (χ3v) is 16.8. The van der Waals surface area contributed by atoms with Gasteiger partial charge in [-0.1, -0.05) is 76.6 Å². The largest absolute Gasteiger partial charge is 0.511 e. The van der Waals surface area contributed by atoms with Gasteiger partial charge in [-0.3, -0.25) is 9.59 Å². The highest BCUT2D eigenvalue weighted by atomic mass is 33.1. The highest BCUT2D eigenvalue weighted by molar-refractivity contribution is 8.76. The lowest BCUT2D eigenvalue weighted by molar-refractivity contribution is -0.319. The zero-order chi connectivity index (χ0) is 42.7. The van der Waals surface area contributed by atoms with Crippen LogP contribution in [0.4, 0.5) is 0 Å². The van der Waals surface area contributed by atoms with E-state index in [9.17, 15) is 40.2 Å². The van der Waals surface area contributed by atoms with Crippen LogP contribution in [0, 0.1) is 28.1 Å². The van der Waals surface area contributed by atoms with Crippen molar-refractivity contribution in [1.82, 2.24) is 10.6 Å². The Labute approximate surface area is 361 Å². The average molecular weight is 873 g/mol. The van der Waals surface area contributed by atoms with Crippen LogP contribution in [0.15, 0.2) is 89.5 Å². The number of ether oxygens (including phenoxy) is 2. The number of aliphatic hydroxyl groups excluding tert-OH is 5. The van der Waals surface area contributed by atoms with Crippen molar-refractivity contribution in [3.63, 3.8) is 0 Å². The molecule has 2 aromatic carbocycles. The maximum absolute atomic E-state index is 15.2. The van der Waals surface area contributed by atoms with Crippen LogP contribution >= 0.6 is 21.6 Å². The van der Waals surface area contributed by atoms with Gasteiger partial charge in [0.1, 0.15) is 47.1 Å². The highest BCUT2D eigenvalue weighted by Gasteiger charge is 2.64. The number of fused-ring (bicyclic) bond motifs is 4. The second-order valence-electron chi connectivity index (χ2n) is 17.9. The molecule has 0 aromatic heterocycles. The Morgan fingerprint density at radius 3 is 2.57 bits per heavy atom. The molecule has 2 saturated carbocycles. The van der Waals surface area contributed by atoms with Crippen LogP contribution in [-0.4, -0.2) is 103 Å². The first-order valence-corrected chi connectivity index (χ1v) is 23.5. The smallest absolute Gasteiger partial charge is 0.229 e. The number of nitrogens with one attached hydrogen (secondary N) is 2. The van der Waals surface area contributed by atoms with E-state index in [0.29, 0.717) is 43.1 Å². The van der Waals surface area contributed by atoms with Gasteiger partial charge in [-0.2, -0.15) is 0 Å². The van der Waals surface area contributed by atoms with E-state index in [0.717, 1.165) is 48.7 Å². The zero-order valence-electron chi connectivity index (χ0n) is 33.6. The predicted molar refractivity (Wildman–Crippen MR) is 228 cm³/mol. The summed E-state index contributed by atoms with van der Waals surface area (Å²) >= 11 is 0. The summed E-state index contributed by atoms with van der Waals surface area (Å²) in [6.07, 6.45) is 6.10. The molecule has 324 valence electrons. The first kappa shape index (κ1) is 42.4. The number of rotatable bonds is 5. The van der Waals surface area contributed by atoms with Gasteiger partial charge in [-0.25, -0.2) is 0 Å². The van der Waals surface area contributed by atoms with Crippen LogP contribution in [0.3, 0.4) is 0 Å². The van der Waals surface area contributed by atoms with Crippen molar-refractivity contribution >= 4 is 39.4 Å². The van der Waals surface area contributed by atoms with Gasteiger partial charge in [0.2, 0.25) is 6.29 Å². The molecule has 6 bridgehead atoms. The molecular weight excluding hydrogens is 821 g/mol. The van der Waals surface area contributed by atoms with Gasteiger partial charge in [0.25, 0.3) is 0 Å². The SMILES string of the molecule is O=C[C@@H]1CCC[C@]12CC[C@@]1(C2)C[C@]2(O)[C@H](O)[C@@H](CO)O[C@@H](Oc3cccc4c3C(=O)[C@]3(CSSCNC5=CC1=CCN5)C(O)=CC(Cc1cccc(CO)c1)=C[C@@H]3C4=O)[C@@H]2O. The second kappa shape index (κ2) is 16.3. The minimum Gasteiger partial charge on any atom is -0.511 e. The van der Waals surface area contributed by atoms with Gasteiger partial charge in [-0.15, -0.1) is 0 Å². The molecule has 7 aliphatic rings.